The molecule has 0 aliphatic carbocycles. The molecule has 12 heavy (non-hydrogen) atoms. The minimum atomic E-state index is -2.53. The van der Waals surface area contributed by atoms with E-state index in [2.05, 4.69) is 10.2 Å². The van der Waals surface area contributed by atoms with Crippen molar-refractivity contribution in [2.45, 2.75) is 0 Å². The van der Waals surface area contributed by atoms with E-state index in [1.54, 1.807) is 14.1 Å². The molecule has 1 rings (SSSR count). The zero-order chi connectivity index (χ0) is 9.03. The number of nitrogens with one attached hydrogen (secondary N) is 2. The van der Waals surface area contributed by atoms with Crippen LogP contribution in [0.3, 0.4) is 0 Å². The van der Waals surface area contributed by atoms with Crippen LogP contribution >= 0.6 is 7.44 Å². The monoisotopic (exact) mass is 184 g/mol. The predicted molar refractivity (Wildman–Crippen MR) is 51.8 cm³/mol. The Labute approximate surface area is 72.7 Å². The van der Waals surface area contributed by atoms with Crippen LogP contribution in [-0.2, 0) is 4.57 Å². The van der Waals surface area contributed by atoms with E-state index in [0.29, 0.717) is 0 Å². The maximum atomic E-state index is 11.9. The molecule has 0 atom stereocenters. The number of hydrogen-bond donors (Lipinski definition) is 2. The lowest BCUT2D eigenvalue weighted by Gasteiger charge is -2.15. The molecule has 3 nitrogen and oxygen atoms in total. The molecule has 0 spiro atoms. The van der Waals surface area contributed by atoms with Crippen LogP contribution < -0.4 is 15.5 Å². The fourth-order valence-corrected chi connectivity index (χ4v) is 2.34. The molecule has 0 aliphatic rings. The van der Waals surface area contributed by atoms with Crippen LogP contribution in [0.25, 0.3) is 0 Å². The zero-order valence-electron chi connectivity index (χ0n) is 7.24. The highest BCUT2D eigenvalue weighted by Crippen LogP contribution is 2.31. The van der Waals surface area contributed by atoms with Crippen LogP contribution in [0.4, 0.5) is 0 Å². The summed E-state index contributed by atoms with van der Waals surface area (Å²) in [6.07, 6.45) is 0. The fourth-order valence-electron chi connectivity index (χ4n) is 1.01. The number of rotatable bonds is 3. The summed E-state index contributed by atoms with van der Waals surface area (Å²) in [7, 11) is 0.836. The molecule has 0 amide bonds. The number of hydrogen-bond acceptors (Lipinski definition) is 1. The van der Waals surface area contributed by atoms with Crippen LogP contribution in [0.5, 0.6) is 0 Å². The van der Waals surface area contributed by atoms with Gasteiger partial charge in [0.05, 0.1) is 0 Å². The lowest BCUT2D eigenvalue weighted by molar-refractivity contribution is 0.570. The van der Waals surface area contributed by atoms with Gasteiger partial charge in [0.1, 0.15) is 0 Å². The minimum Gasteiger partial charge on any atom is -0.284 e. The first-order valence-electron chi connectivity index (χ1n) is 3.76. The largest absolute Gasteiger partial charge is 0.284 e. The average molecular weight is 184 g/mol. The Hall–Kier alpha value is -0.630. The lowest BCUT2D eigenvalue weighted by Crippen LogP contribution is -2.24. The van der Waals surface area contributed by atoms with Crippen molar-refractivity contribution in [1.29, 1.82) is 0 Å². The van der Waals surface area contributed by atoms with Crippen molar-refractivity contribution in [1.82, 2.24) is 10.2 Å². The summed E-state index contributed by atoms with van der Waals surface area (Å²) in [4.78, 5) is 0. The molecule has 0 unspecified atom stereocenters. The zero-order valence-corrected chi connectivity index (χ0v) is 8.14. The van der Waals surface area contributed by atoms with Crippen LogP contribution in [0, 0.1) is 0 Å². The van der Waals surface area contributed by atoms with E-state index < -0.39 is 7.44 Å². The first-order valence-corrected chi connectivity index (χ1v) is 5.47. The summed E-state index contributed by atoms with van der Waals surface area (Å²) in [5.41, 5.74) is 0. The van der Waals surface area contributed by atoms with E-state index in [1.165, 1.54) is 0 Å². The molecular formula is C8H13N2OP. The Kier molecular flexibility index (Phi) is 3.04. The Morgan fingerprint density at radius 3 is 2.00 bits per heavy atom. The summed E-state index contributed by atoms with van der Waals surface area (Å²) in [6, 6.07) is 9.33. The number of benzene rings is 1. The van der Waals surface area contributed by atoms with Gasteiger partial charge in [-0.1, -0.05) is 18.2 Å². The second kappa shape index (κ2) is 3.85. The second-order valence-electron chi connectivity index (χ2n) is 2.39. The molecule has 0 radical (unpaired) electrons. The van der Waals surface area contributed by atoms with Gasteiger partial charge in [-0.2, -0.15) is 0 Å². The average Bonchev–Trinajstić information content (AvgIpc) is 2.18. The molecule has 0 saturated carbocycles. The van der Waals surface area contributed by atoms with Gasteiger partial charge in [-0.05, 0) is 26.2 Å². The minimum absolute atomic E-state index is 0.801. The van der Waals surface area contributed by atoms with Crippen molar-refractivity contribution in [3.63, 3.8) is 0 Å². The van der Waals surface area contributed by atoms with Gasteiger partial charge in [0.2, 0.25) is 7.44 Å². The van der Waals surface area contributed by atoms with Crippen molar-refractivity contribution in [2.24, 2.45) is 0 Å². The van der Waals surface area contributed by atoms with Gasteiger partial charge in [0.15, 0.2) is 0 Å². The van der Waals surface area contributed by atoms with Crippen molar-refractivity contribution in [3.8, 4) is 0 Å². The summed E-state index contributed by atoms with van der Waals surface area (Å²) >= 11 is 0. The third-order valence-corrected chi connectivity index (χ3v) is 4.03. The van der Waals surface area contributed by atoms with E-state index in [9.17, 15) is 4.57 Å². The molecule has 1 aromatic carbocycles. The molecular weight excluding hydrogens is 171 g/mol. The maximum absolute atomic E-state index is 11.9. The first-order chi connectivity index (χ1) is 5.73. The highest BCUT2D eigenvalue weighted by Gasteiger charge is 2.18. The van der Waals surface area contributed by atoms with E-state index in [1.807, 2.05) is 30.3 Å². The Morgan fingerprint density at radius 2 is 1.58 bits per heavy atom. The SMILES string of the molecule is CNP(=O)(NC)c1ccccc1. The molecule has 0 fully saturated rings. The smallest absolute Gasteiger partial charge is 0.240 e. The molecule has 0 bridgehead atoms. The molecule has 66 valence electrons. The van der Waals surface area contributed by atoms with Crippen molar-refractivity contribution < 1.29 is 4.57 Å². The normalized spacial score (nSPS) is 11.5. The highest BCUT2D eigenvalue weighted by molar-refractivity contribution is 7.67. The molecule has 1 aromatic rings. The molecule has 0 saturated heterocycles. The maximum Gasteiger partial charge on any atom is 0.240 e. The summed E-state index contributed by atoms with van der Waals surface area (Å²) in [5, 5.41) is 6.38. The van der Waals surface area contributed by atoms with Gasteiger partial charge >= 0.3 is 0 Å². The van der Waals surface area contributed by atoms with E-state index >= 15 is 0 Å². The Morgan fingerprint density at radius 1 is 1.08 bits per heavy atom. The van der Waals surface area contributed by atoms with Crippen molar-refractivity contribution in [2.75, 3.05) is 14.1 Å². The van der Waals surface area contributed by atoms with Gasteiger partial charge in [0.25, 0.3) is 0 Å². The molecule has 0 aliphatic heterocycles. The molecule has 0 aromatic heterocycles. The first kappa shape index (κ1) is 9.46. The third kappa shape index (κ3) is 1.75. The van der Waals surface area contributed by atoms with E-state index in [0.717, 1.165) is 5.30 Å². The molecule has 0 heterocycles. The van der Waals surface area contributed by atoms with Gasteiger partial charge < -0.3 is 0 Å². The highest BCUT2D eigenvalue weighted by atomic mass is 31.2. The van der Waals surface area contributed by atoms with E-state index in [4.69, 9.17) is 0 Å². The van der Waals surface area contributed by atoms with Crippen LogP contribution in [-0.4, -0.2) is 14.1 Å². The fraction of sp³-hybridized carbons (Fsp3) is 0.250. The Bertz CT molecular complexity index is 278. The molecule has 2 N–H and O–H groups in total. The van der Waals surface area contributed by atoms with Crippen molar-refractivity contribution in [3.05, 3.63) is 30.3 Å². The summed E-state index contributed by atoms with van der Waals surface area (Å²) < 4.78 is 11.9. The van der Waals surface area contributed by atoms with E-state index in [-0.39, 0.29) is 0 Å². The predicted octanol–water partition coefficient (Wildman–Crippen LogP) is 0.944. The quantitative estimate of drug-likeness (QED) is 0.687. The van der Waals surface area contributed by atoms with Gasteiger partial charge in [-0.3, -0.25) is 14.7 Å². The lowest BCUT2D eigenvalue weighted by atomic mass is 10.4. The second-order valence-corrected chi connectivity index (χ2v) is 5.02. The third-order valence-electron chi connectivity index (χ3n) is 1.75. The van der Waals surface area contributed by atoms with Gasteiger partial charge in [-0.25, -0.2) is 0 Å². The van der Waals surface area contributed by atoms with Crippen molar-refractivity contribution >= 4 is 12.7 Å². The standard InChI is InChI=1S/C8H13N2OP/c1-9-12(11,10-2)8-6-4-3-5-7-8/h3-7H,1-2H3,(H2,9,10,11). The van der Waals surface area contributed by atoms with Crippen LogP contribution in [0.1, 0.15) is 0 Å². The Balaban J connectivity index is 3.04. The topological polar surface area (TPSA) is 41.1 Å². The summed E-state index contributed by atoms with van der Waals surface area (Å²) in [5.74, 6) is 0. The molecule has 4 heteroatoms. The van der Waals surface area contributed by atoms with Crippen LogP contribution in [0.15, 0.2) is 30.3 Å². The van der Waals surface area contributed by atoms with Gasteiger partial charge in [0, 0.05) is 5.30 Å². The van der Waals surface area contributed by atoms with Gasteiger partial charge in [-0.15, -0.1) is 0 Å². The summed E-state index contributed by atoms with van der Waals surface area (Å²) in [6.45, 7) is 0. The van der Waals surface area contributed by atoms with Crippen LogP contribution in [0.2, 0.25) is 0 Å².